The summed E-state index contributed by atoms with van der Waals surface area (Å²) in [5, 5.41) is 16.2. The van der Waals surface area contributed by atoms with Crippen molar-refractivity contribution in [3.63, 3.8) is 0 Å². The number of carboxylic acid groups (broad SMARTS) is 1. The van der Waals surface area contributed by atoms with Gasteiger partial charge in [-0.1, -0.05) is 12.1 Å². The number of rotatable bonds is 2. The summed E-state index contributed by atoms with van der Waals surface area (Å²) >= 11 is 0. The van der Waals surface area contributed by atoms with E-state index in [0.29, 0.717) is 12.2 Å². The second-order valence-corrected chi connectivity index (χ2v) is 2.40. The van der Waals surface area contributed by atoms with E-state index in [2.05, 4.69) is 0 Å². The van der Waals surface area contributed by atoms with Gasteiger partial charge in [-0.3, -0.25) is 0 Å². The molecule has 0 bridgehead atoms. The van der Waals surface area contributed by atoms with Crippen molar-refractivity contribution in [2.75, 3.05) is 18.9 Å². The Bertz CT molecular complexity index is 287. The number of aliphatic hydroxyl groups excluding tert-OH is 1. The van der Waals surface area contributed by atoms with E-state index in [0.717, 1.165) is 0 Å². The SMILES string of the molecule is NCCO.Nc1ccccc1C(=O)O. The summed E-state index contributed by atoms with van der Waals surface area (Å²) in [6, 6.07) is 6.36. The summed E-state index contributed by atoms with van der Waals surface area (Å²) < 4.78 is 0. The number of carbonyl (C=O) groups is 1. The number of aromatic carboxylic acids is 1. The van der Waals surface area contributed by atoms with E-state index in [4.69, 9.17) is 21.7 Å². The van der Waals surface area contributed by atoms with Gasteiger partial charge in [-0.15, -0.1) is 0 Å². The van der Waals surface area contributed by atoms with E-state index in [-0.39, 0.29) is 12.2 Å². The number of nitrogen functional groups attached to an aromatic ring is 1. The van der Waals surface area contributed by atoms with Crippen molar-refractivity contribution in [2.45, 2.75) is 0 Å². The summed E-state index contributed by atoms with van der Waals surface area (Å²) in [7, 11) is 0. The summed E-state index contributed by atoms with van der Waals surface area (Å²) in [6.07, 6.45) is 0. The molecule has 0 aliphatic heterocycles. The Kier molecular flexibility index (Phi) is 6.09. The van der Waals surface area contributed by atoms with Crippen LogP contribution < -0.4 is 11.5 Å². The summed E-state index contributed by atoms with van der Waals surface area (Å²) in [5.74, 6) is -0.988. The summed E-state index contributed by atoms with van der Waals surface area (Å²) in [6.45, 7) is 0.472. The molecule has 0 aliphatic carbocycles. The van der Waals surface area contributed by atoms with E-state index in [1.54, 1.807) is 18.2 Å². The van der Waals surface area contributed by atoms with Crippen molar-refractivity contribution < 1.29 is 15.0 Å². The van der Waals surface area contributed by atoms with Crippen molar-refractivity contribution in [3.05, 3.63) is 29.8 Å². The standard InChI is InChI=1S/C7H7NO2.C2H7NO/c8-6-4-2-1-3-5(6)7(9)10;3-1-2-4/h1-4H,8H2,(H,9,10);4H,1-3H2. The Morgan fingerprint density at radius 1 is 1.36 bits per heavy atom. The number of hydrogen-bond donors (Lipinski definition) is 4. The Labute approximate surface area is 82.0 Å². The minimum absolute atomic E-state index is 0.0972. The molecule has 0 saturated carbocycles. The van der Waals surface area contributed by atoms with E-state index in [9.17, 15) is 4.79 Å². The smallest absolute Gasteiger partial charge is 0.337 e. The van der Waals surface area contributed by atoms with Crippen LogP contribution in [0.2, 0.25) is 0 Å². The molecule has 0 saturated heterocycles. The molecule has 0 aliphatic rings. The lowest BCUT2D eigenvalue weighted by molar-refractivity contribution is 0.0698. The maximum absolute atomic E-state index is 10.3. The number of anilines is 1. The Balaban J connectivity index is 0.000000364. The highest BCUT2D eigenvalue weighted by molar-refractivity contribution is 5.93. The molecule has 14 heavy (non-hydrogen) atoms. The summed E-state index contributed by atoms with van der Waals surface area (Å²) in [4.78, 5) is 10.3. The van der Waals surface area contributed by atoms with Crippen LogP contribution in [-0.2, 0) is 0 Å². The first-order valence-electron chi connectivity index (χ1n) is 4.02. The molecule has 0 spiro atoms. The Morgan fingerprint density at radius 2 is 1.86 bits per heavy atom. The molecule has 0 radical (unpaired) electrons. The summed E-state index contributed by atoms with van der Waals surface area (Å²) in [5.41, 5.74) is 10.6. The van der Waals surface area contributed by atoms with Crippen molar-refractivity contribution >= 4 is 11.7 Å². The molecule has 1 aromatic rings. The molecule has 0 atom stereocenters. The van der Waals surface area contributed by atoms with Crippen molar-refractivity contribution in [1.82, 2.24) is 0 Å². The molecule has 6 N–H and O–H groups in total. The third-order valence-electron chi connectivity index (χ3n) is 1.32. The number of benzene rings is 1. The fourth-order valence-electron chi connectivity index (χ4n) is 0.692. The first kappa shape index (κ1) is 12.4. The van der Waals surface area contributed by atoms with Gasteiger partial charge in [0.2, 0.25) is 0 Å². The minimum Gasteiger partial charge on any atom is -0.478 e. The fraction of sp³-hybridized carbons (Fsp3) is 0.222. The van der Waals surface area contributed by atoms with Crippen LogP contribution in [0.25, 0.3) is 0 Å². The highest BCUT2D eigenvalue weighted by atomic mass is 16.4. The first-order valence-corrected chi connectivity index (χ1v) is 4.02. The van der Waals surface area contributed by atoms with E-state index in [1.165, 1.54) is 6.07 Å². The van der Waals surface area contributed by atoms with E-state index >= 15 is 0 Å². The Hall–Kier alpha value is -1.59. The predicted molar refractivity (Wildman–Crippen MR) is 54.0 cm³/mol. The average molecular weight is 198 g/mol. The average Bonchev–Trinajstić information content (AvgIpc) is 2.18. The molecule has 78 valence electrons. The zero-order valence-electron chi connectivity index (χ0n) is 7.68. The van der Waals surface area contributed by atoms with Gasteiger partial charge in [0.15, 0.2) is 0 Å². The molecule has 0 aromatic heterocycles. The van der Waals surface area contributed by atoms with Gasteiger partial charge >= 0.3 is 5.97 Å². The van der Waals surface area contributed by atoms with E-state index in [1.807, 2.05) is 0 Å². The molecular formula is C9H14N2O3. The van der Waals surface area contributed by atoms with Crippen LogP contribution in [0, 0.1) is 0 Å². The van der Waals surface area contributed by atoms with Crippen molar-refractivity contribution in [1.29, 1.82) is 0 Å². The largest absolute Gasteiger partial charge is 0.478 e. The van der Waals surface area contributed by atoms with Crippen LogP contribution in [0.5, 0.6) is 0 Å². The lowest BCUT2D eigenvalue weighted by atomic mass is 10.2. The minimum atomic E-state index is -0.988. The molecule has 5 nitrogen and oxygen atoms in total. The monoisotopic (exact) mass is 198 g/mol. The zero-order chi connectivity index (χ0) is 11.0. The highest BCUT2D eigenvalue weighted by Gasteiger charge is 2.03. The van der Waals surface area contributed by atoms with Crippen LogP contribution >= 0.6 is 0 Å². The molecule has 0 heterocycles. The highest BCUT2D eigenvalue weighted by Crippen LogP contribution is 2.08. The second kappa shape index (κ2) is 6.88. The first-order chi connectivity index (χ1) is 6.63. The van der Waals surface area contributed by atoms with Crippen LogP contribution in [0.3, 0.4) is 0 Å². The molecule has 0 fully saturated rings. The zero-order valence-corrected chi connectivity index (χ0v) is 7.68. The van der Waals surface area contributed by atoms with E-state index < -0.39 is 5.97 Å². The maximum Gasteiger partial charge on any atom is 0.337 e. The number of hydrogen-bond acceptors (Lipinski definition) is 4. The third kappa shape index (κ3) is 4.44. The van der Waals surface area contributed by atoms with Gasteiger partial charge in [-0.2, -0.15) is 0 Å². The van der Waals surface area contributed by atoms with Gasteiger partial charge in [0.25, 0.3) is 0 Å². The number of nitrogens with two attached hydrogens (primary N) is 2. The van der Waals surface area contributed by atoms with Crippen LogP contribution in [0.1, 0.15) is 10.4 Å². The quantitative estimate of drug-likeness (QED) is 0.496. The number of carboxylic acids is 1. The molecule has 1 aromatic carbocycles. The van der Waals surface area contributed by atoms with Crippen LogP contribution in [0.15, 0.2) is 24.3 Å². The molecular weight excluding hydrogens is 184 g/mol. The normalized spacial score (nSPS) is 8.71. The lowest BCUT2D eigenvalue weighted by Gasteiger charge is -1.96. The number of para-hydroxylation sites is 1. The van der Waals surface area contributed by atoms with Crippen molar-refractivity contribution in [2.24, 2.45) is 5.73 Å². The number of aliphatic hydroxyl groups is 1. The van der Waals surface area contributed by atoms with Gasteiger partial charge in [0.1, 0.15) is 0 Å². The van der Waals surface area contributed by atoms with Gasteiger partial charge in [-0.05, 0) is 12.1 Å². The fourth-order valence-corrected chi connectivity index (χ4v) is 0.692. The lowest BCUT2D eigenvalue weighted by Crippen LogP contribution is -2.02. The molecule has 1 rings (SSSR count). The van der Waals surface area contributed by atoms with Gasteiger partial charge < -0.3 is 21.7 Å². The molecule has 0 amide bonds. The van der Waals surface area contributed by atoms with Crippen molar-refractivity contribution in [3.8, 4) is 0 Å². The predicted octanol–water partition coefficient (Wildman–Crippen LogP) is -0.0956. The van der Waals surface area contributed by atoms with Gasteiger partial charge in [-0.25, -0.2) is 4.79 Å². The van der Waals surface area contributed by atoms with Crippen LogP contribution in [-0.4, -0.2) is 29.3 Å². The second-order valence-electron chi connectivity index (χ2n) is 2.40. The molecule has 0 unspecified atom stereocenters. The van der Waals surface area contributed by atoms with Gasteiger partial charge in [0.05, 0.1) is 12.2 Å². The third-order valence-corrected chi connectivity index (χ3v) is 1.32. The Morgan fingerprint density at radius 3 is 2.14 bits per heavy atom. The topological polar surface area (TPSA) is 110 Å². The van der Waals surface area contributed by atoms with Crippen LogP contribution in [0.4, 0.5) is 5.69 Å². The van der Waals surface area contributed by atoms with Gasteiger partial charge in [0, 0.05) is 12.2 Å². The maximum atomic E-state index is 10.3. The molecule has 5 heteroatoms.